The van der Waals surface area contributed by atoms with Crippen molar-refractivity contribution in [3.8, 4) is 0 Å². The number of amides is 1. The molecule has 2 aromatic rings. The molecule has 0 aliphatic heterocycles. The summed E-state index contributed by atoms with van der Waals surface area (Å²) in [5, 5.41) is 0. The predicted octanol–water partition coefficient (Wildman–Crippen LogP) is 4.85. The van der Waals surface area contributed by atoms with Crippen LogP contribution in [0, 0.1) is 6.92 Å². The summed E-state index contributed by atoms with van der Waals surface area (Å²) in [6.45, 7) is 6.72. The van der Waals surface area contributed by atoms with Crippen molar-refractivity contribution in [2.45, 2.75) is 52.6 Å². The third-order valence-electron chi connectivity index (χ3n) is 4.22. The van der Waals surface area contributed by atoms with E-state index in [0.717, 1.165) is 21.7 Å². The molecule has 0 aliphatic carbocycles. The summed E-state index contributed by atoms with van der Waals surface area (Å²) in [6.07, 6.45) is 1.45. The average molecular weight is 343 g/mol. The molecule has 0 radical (unpaired) electrons. The minimum Gasteiger partial charge on any atom is -0.336 e. The predicted molar refractivity (Wildman–Crippen MR) is 99.4 cm³/mol. The van der Waals surface area contributed by atoms with E-state index in [1.54, 1.807) is 0 Å². The molecule has 1 atom stereocenters. The molecule has 1 aromatic carbocycles. The van der Waals surface area contributed by atoms with Crippen LogP contribution in [-0.2, 0) is 11.3 Å². The Morgan fingerprint density at radius 3 is 2.38 bits per heavy atom. The van der Waals surface area contributed by atoms with E-state index in [0.29, 0.717) is 6.54 Å². The van der Waals surface area contributed by atoms with Gasteiger partial charge in [-0.15, -0.1) is 11.3 Å². The van der Waals surface area contributed by atoms with Crippen molar-refractivity contribution in [3.63, 3.8) is 0 Å². The molecule has 1 amide bonds. The van der Waals surface area contributed by atoms with Crippen LogP contribution in [0.1, 0.15) is 53.2 Å². The first-order valence-corrected chi connectivity index (χ1v) is 9.26. The van der Waals surface area contributed by atoms with Crippen molar-refractivity contribution in [1.82, 2.24) is 4.90 Å². The fourth-order valence-electron chi connectivity index (χ4n) is 2.56. The van der Waals surface area contributed by atoms with Gasteiger partial charge in [-0.1, -0.05) is 37.3 Å². The lowest BCUT2D eigenvalue weighted by Gasteiger charge is -2.29. The van der Waals surface area contributed by atoms with E-state index in [4.69, 9.17) is 0 Å². The molecule has 0 spiro atoms. The van der Waals surface area contributed by atoms with Crippen LogP contribution in [0.15, 0.2) is 42.5 Å². The van der Waals surface area contributed by atoms with Gasteiger partial charge in [-0.05, 0) is 38.0 Å². The van der Waals surface area contributed by atoms with Gasteiger partial charge in [-0.3, -0.25) is 9.59 Å². The van der Waals surface area contributed by atoms with Gasteiger partial charge in [0.05, 0.1) is 4.88 Å². The summed E-state index contributed by atoms with van der Waals surface area (Å²) in [7, 11) is 0. The SMILES string of the molecule is CCC(C)N(Cc1ccccc1)C(=O)CCC(=O)c1ccc(C)s1. The summed E-state index contributed by atoms with van der Waals surface area (Å²) < 4.78 is 0. The number of hydrogen-bond acceptors (Lipinski definition) is 3. The topological polar surface area (TPSA) is 37.4 Å². The van der Waals surface area contributed by atoms with E-state index in [1.807, 2.05) is 54.3 Å². The fourth-order valence-corrected chi connectivity index (χ4v) is 3.40. The van der Waals surface area contributed by atoms with Gasteiger partial charge in [0.2, 0.25) is 5.91 Å². The molecule has 1 heterocycles. The van der Waals surface area contributed by atoms with Crippen molar-refractivity contribution >= 4 is 23.0 Å². The molecule has 128 valence electrons. The molecule has 4 heteroatoms. The first-order valence-electron chi connectivity index (χ1n) is 8.44. The van der Waals surface area contributed by atoms with Crippen LogP contribution in [0.3, 0.4) is 0 Å². The minimum atomic E-state index is 0.0508. The van der Waals surface area contributed by atoms with Crippen molar-refractivity contribution in [2.24, 2.45) is 0 Å². The van der Waals surface area contributed by atoms with Crippen molar-refractivity contribution in [1.29, 1.82) is 0 Å². The van der Waals surface area contributed by atoms with Gasteiger partial charge in [0.15, 0.2) is 5.78 Å². The molecule has 0 N–H and O–H groups in total. The molecular weight excluding hydrogens is 318 g/mol. The molecule has 2 rings (SSSR count). The highest BCUT2D eigenvalue weighted by molar-refractivity contribution is 7.14. The minimum absolute atomic E-state index is 0.0508. The van der Waals surface area contributed by atoms with Crippen LogP contribution in [-0.4, -0.2) is 22.6 Å². The second-order valence-corrected chi connectivity index (χ2v) is 7.39. The second kappa shape index (κ2) is 8.78. The Bertz CT molecular complexity index is 678. The van der Waals surface area contributed by atoms with E-state index in [9.17, 15) is 9.59 Å². The molecule has 0 saturated heterocycles. The highest BCUT2D eigenvalue weighted by Gasteiger charge is 2.20. The van der Waals surface area contributed by atoms with Gasteiger partial charge >= 0.3 is 0 Å². The number of thiophene rings is 1. The maximum absolute atomic E-state index is 12.7. The fraction of sp³-hybridized carbons (Fsp3) is 0.400. The largest absolute Gasteiger partial charge is 0.336 e. The van der Waals surface area contributed by atoms with Gasteiger partial charge in [0.1, 0.15) is 0 Å². The van der Waals surface area contributed by atoms with Gasteiger partial charge < -0.3 is 4.90 Å². The summed E-state index contributed by atoms with van der Waals surface area (Å²) in [5.74, 6) is 0.111. The molecule has 0 fully saturated rings. The summed E-state index contributed by atoms with van der Waals surface area (Å²) in [6, 6.07) is 14.0. The van der Waals surface area contributed by atoms with Crippen LogP contribution >= 0.6 is 11.3 Å². The third kappa shape index (κ3) is 5.03. The zero-order chi connectivity index (χ0) is 17.5. The normalized spacial score (nSPS) is 12.0. The van der Waals surface area contributed by atoms with Gasteiger partial charge in [0, 0.05) is 30.3 Å². The lowest BCUT2D eigenvalue weighted by molar-refractivity contribution is -0.134. The Balaban J connectivity index is 1.98. The Labute approximate surface area is 148 Å². The molecule has 24 heavy (non-hydrogen) atoms. The van der Waals surface area contributed by atoms with E-state index in [1.165, 1.54) is 11.3 Å². The number of carbonyl (C=O) groups is 2. The smallest absolute Gasteiger partial charge is 0.223 e. The first kappa shape index (κ1) is 18.4. The Morgan fingerprint density at radius 2 is 1.79 bits per heavy atom. The van der Waals surface area contributed by atoms with E-state index in [2.05, 4.69) is 13.8 Å². The number of benzene rings is 1. The zero-order valence-electron chi connectivity index (χ0n) is 14.6. The van der Waals surface area contributed by atoms with Gasteiger partial charge in [-0.25, -0.2) is 0 Å². The molecule has 1 unspecified atom stereocenters. The summed E-state index contributed by atoms with van der Waals surface area (Å²) in [5.41, 5.74) is 1.12. The number of Topliss-reactive ketones (excluding diaryl/α,β-unsaturated/α-hetero) is 1. The standard InChI is InChI=1S/C20H25NO2S/c1-4-15(2)21(14-17-8-6-5-7-9-17)20(23)13-11-18(22)19-12-10-16(3)24-19/h5-10,12,15H,4,11,13-14H2,1-3H3. The van der Waals surface area contributed by atoms with E-state index in [-0.39, 0.29) is 30.6 Å². The number of ketones is 1. The lowest BCUT2D eigenvalue weighted by atomic mass is 10.1. The van der Waals surface area contributed by atoms with Crippen LogP contribution < -0.4 is 0 Å². The highest BCUT2D eigenvalue weighted by Crippen LogP contribution is 2.19. The van der Waals surface area contributed by atoms with Crippen molar-refractivity contribution < 1.29 is 9.59 Å². The average Bonchev–Trinajstić information content (AvgIpc) is 3.04. The number of rotatable bonds is 8. The van der Waals surface area contributed by atoms with Crippen LogP contribution in [0.4, 0.5) is 0 Å². The quantitative estimate of drug-likeness (QED) is 0.643. The third-order valence-corrected chi connectivity index (χ3v) is 5.26. The Kier molecular flexibility index (Phi) is 6.73. The molecule has 0 saturated carbocycles. The number of hydrogen-bond donors (Lipinski definition) is 0. The maximum atomic E-state index is 12.7. The van der Waals surface area contributed by atoms with Crippen LogP contribution in [0.25, 0.3) is 0 Å². The molecule has 3 nitrogen and oxygen atoms in total. The molecule has 0 aliphatic rings. The summed E-state index contributed by atoms with van der Waals surface area (Å²) in [4.78, 5) is 28.6. The Morgan fingerprint density at radius 1 is 1.08 bits per heavy atom. The van der Waals surface area contributed by atoms with Crippen LogP contribution in [0.5, 0.6) is 0 Å². The Hall–Kier alpha value is -1.94. The van der Waals surface area contributed by atoms with E-state index < -0.39 is 0 Å². The molecule has 1 aromatic heterocycles. The van der Waals surface area contributed by atoms with Crippen LogP contribution in [0.2, 0.25) is 0 Å². The van der Waals surface area contributed by atoms with E-state index >= 15 is 0 Å². The monoisotopic (exact) mass is 343 g/mol. The van der Waals surface area contributed by atoms with Crippen molar-refractivity contribution in [2.75, 3.05) is 0 Å². The maximum Gasteiger partial charge on any atom is 0.223 e. The number of aryl methyl sites for hydroxylation is 1. The van der Waals surface area contributed by atoms with Crippen molar-refractivity contribution in [3.05, 3.63) is 57.8 Å². The zero-order valence-corrected chi connectivity index (χ0v) is 15.4. The van der Waals surface area contributed by atoms with Gasteiger partial charge in [-0.2, -0.15) is 0 Å². The number of nitrogens with zero attached hydrogens (tertiary/aromatic N) is 1. The molecular formula is C20H25NO2S. The summed E-state index contributed by atoms with van der Waals surface area (Å²) >= 11 is 1.49. The second-order valence-electron chi connectivity index (χ2n) is 6.10. The van der Waals surface area contributed by atoms with Gasteiger partial charge in [0.25, 0.3) is 0 Å². The first-order chi connectivity index (χ1) is 11.5. The lowest BCUT2D eigenvalue weighted by Crippen LogP contribution is -2.37. The highest BCUT2D eigenvalue weighted by atomic mass is 32.1. The number of carbonyl (C=O) groups excluding carboxylic acids is 2. The molecule has 0 bridgehead atoms.